The third kappa shape index (κ3) is 3.54. The number of benzene rings is 1. The fourth-order valence-corrected chi connectivity index (χ4v) is 2.39. The van der Waals surface area contributed by atoms with E-state index in [-0.39, 0.29) is 0 Å². The van der Waals surface area contributed by atoms with Gasteiger partial charge in [-0.05, 0) is 29.8 Å². The van der Waals surface area contributed by atoms with Gasteiger partial charge in [0.25, 0.3) is 0 Å². The molecule has 1 aromatic heterocycles. The minimum atomic E-state index is 0.676. The van der Waals surface area contributed by atoms with Crippen LogP contribution in [0.3, 0.4) is 0 Å². The number of pyridine rings is 1. The highest BCUT2D eigenvalue weighted by molar-refractivity contribution is 7.98. The summed E-state index contributed by atoms with van der Waals surface area (Å²) in [7, 11) is 3.26. The molecule has 0 aliphatic rings. The Kier molecular flexibility index (Phi) is 4.52. The van der Waals surface area contributed by atoms with E-state index in [1.165, 1.54) is 0 Å². The van der Waals surface area contributed by atoms with Crippen molar-refractivity contribution in [1.29, 1.82) is 0 Å². The minimum absolute atomic E-state index is 0.676. The Labute approximate surface area is 116 Å². The van der Waals surface area contributed by atoms with E-state index in [9.17, 15) is 0 Å². The molecule has 0 saturated carbocycles. The topological polar surface area (TPSA) is 57.4 Å². The molecule has 5 heteroatoms. The summed E-state index contributed by atoms with van der Waals surface area (Å²) in [6.07, 6.45) is 1.66. The van der Waals surface area contributed by atoms with Crippen molar-refractivity contribution in [2.24, 2.45) is 0 Å². The number of ether oxygens (including phenoxy) is 2. The monoisotopic (exact) mass is 276 g/mol. The van der Waals surface area contributed by atoms with E-state index in [0.717, 1.165) is 27.8 Å². The van der Waals surface area contributed by atoms with Gasteiger partial charge in [0, 0.05) is 5.75 Å². The quantitative estimate of drug-likeness (QED) is 0.851. The van der Waals surface area contributed by atoms with E-state index in [1.54, 1.807) is 32.2 Å². The van der Waals surface area contributed by atoms with Crippen molar-refractivity contribution < 1.29 is 9.47 Å². The van der Waals surface area contributed by atoms with Crippen LogP contribution < -0.4 is 15.2 Å². The Morgan fingerprint density at radius 1 is 1.11 bits per heavy atom. The maximum Gasteiger partial charge on any atom is 0.161 e. The summed E-state index contributed by atoms with van der Waals surface area (Å²) in [5.74, 6) is 2.30. The first kappa shape index (κ1) is 13.5. The van der Waals surface area contributed by atoms with Gasteiger partial charge in [0.05, 0.1) is 31.1 Å². The van der Waals surface area contributed by atoms with E-state index >= 15 is 0 Å². The molecule has 0 aliphatic heterocycles. The van der Waals surface area contributed by atoms with Gasteiger partial charge in [0.2, 0.25) is 0 Å². The number of anilines is 1. The molecule has 0 aliphatic carbocycles. The second-order valence-electron chi connectivity index (χ2n) is 3.91. The summed E-state index contributed by atoms with van der Waals surface area (Å²) in [6.45, 7) is 0. The number of hydrogen-bond donors (Lipinski definition) is 1. The SMILES string of the molecule is COc1ccc(CSc2ccc(N)cn2)cc1OC. The van der Waals surface area contributed by atoms with E-state index in [1.807, 2.05) is 30.3 Å². The van der Waals surface area contributed by atoms with Crippen LogP contribution in [0.5, 0.6) is 11.5 Å². The predicted molar refractivity (Wildman–Crippen MR) is 77.8 cm³/mol. The van der Waals surface area contributed by atoms with Gasteiger partial charge in [0.1, 0.15) is 0 Å². The minimum Gasteiger partial charge on any atom is -0.493 e. The lowest BCUT2D eigenvalue weighted by Gasteiger charge is -2.09. The number of hydrogen-bond acceptors (Lipinski definition) is 5. The van der Waals surface area contributed by atoms with Crippen LogP contribution >= 0.6 is 11.8 Å². The van der Waals surface area contributed by atoms with Gasteiger partial charge in [-0.25, -0.2) is 4.98 Å². The molecule has 1 heterocycles. The van der Waals surface area contributed by atoms with Crippen LogP contribution in [0.25, 0.3) is 0 Å². The molecule has 0 amide bonds. The lowest BCUT2D eigenvalue weighted by molar-refractivity contribution is 0.354. The normalized spacial score (nSPS) is 10.2. The molecule has 0 radical (unpaired) electrons. The van der Waals surface area contributed by atoms with E-state index < -0.39 is 0 Å². The summed E-state index contributed by atoms with van der Waals surface area (Å²) < 4.78 is 10.5. The molecule has 0 unspecified atom stereocenters. The van der Waals surface area contributed by atoms with Gasteiger partial charge in [-0.3, -0.25) is 0 Å². The summed E-state index contributed by atoms with van der Waals surface area (Å²) in [4.78, 5) is 4.25. The van der Waals surface area contributed by atoms with E-state index in [2.05, 4.69) is 4.98 Å². The van der Waals surface area contributed by atoms with Crippen molar-refractivity contribution in [2.45, 2.75) is 10.8 Å². The molecular weight excluding hydrogens is 260 g/mol. The maximum absolute atomic E-state index is 5.60. The Morgan fingerprint density at radius 3 is 2.53 bits per heavy atom. The van der Waals surface area contributed by atoms with Gasteiger partial charge in [-0.15, -0.1) is 11.8 Å². The van der Waals surface area contributed by atoms with Crippen molar-refractivity contribution >= 4 is 17.4 Å². The lowest BCUT2D eigenvalue weighted by Crippen LogP contribution is -1.92. The van der Waals surface area contributed by atoms with Crippen LogP contribution in [0.2, 0.25) is 0 Å². The number of thioether (sulfide) groups is 1. The zero-order valence-corrected chi connectivity index (χ0v) is 11.7. The van der Waals surface area contributed by atoms with Crippen molar-refractivity contribution in [3.05, 3.63) is 42.1 Å². The number of methoxy groups -OCH3 is 2. The van der Waals surface area contributed by atoms with Crippen LogP contribution in [-0.2, 0) is 5.75 Å². The average Bonchev–Trinajstić information content (AvgIpc) is 2.46. The number of rotatable bonds is 5. The Morgan fingerprint density at radius 2 is 1.89 bits per heavy atom. The van der Waals surface area contributed by atoms with Crippen LogP contribution in [0.15, 0.2) is 41.6 Å². The van der Waals surface area contributed by atoms with Gasteiger partial charge in [-0.1, -0.05) is 6.07 Å². The van der Waals surface area contributed by atoms with Crippen molar-refractivity contribution in [3.63, 3.8) is 0 Å². The summed E-state index contributed by atoms with van der Waals surface area (Å²) in [6, 6.07) is 9.67. The molecule has 0 bridgehead atoms. The van der Waals surface area contributed by atoms with E-state index in [4.69, 9.17) is 15.2 Å². The van der Waals surface area contributed by atoms with Crippen molar-refractivity contribution in [1.82, 2.24) is 4.98 Å². The predicted octanol–water partition coefficient (Wildman–Crippen LogP) is 2.97. The van der Waals surface area contributed by atoms with Crippen LogP contribution in [0.4, 0.5) is 5.69 Å². The summed E-state index contributed by atoms with van der Waals surface area (Å²) >= 11 is 1.65. The first-order valence-corrected chi connectivity index (χ1v) is 6.76. The highest BCUT2D eigenvalue weighted by Crippen LogP contribution is 2.30. The van der Waals surface area contributed by atoms with Crippen LogP contribution in [0.1, 0.15) is 5.56 Å². The highest BCUT2D eigenvalue weighted by atomic mass is 32.2. The molecule has 2 N–H and O–H groups in total. The second kappa shape index (κ2) is 6.33. The molecule has 1 aromatic carbocycles. The largest absolute Gasteiger partial charge is 0.493 e. The molecule has 0 spiro atoms. The molecule has 2 aromatic rings. The fourth-order valence-electron chi connectivity index (χ4n) is 1.60. The van der Waals surface area contributed by atoms with Crippen molar-refractivity contribution in [2.75, 3.05) is 20.0 Å². The standard InChI is InChI=1S/C14H16N2O2S/c1-17-12-5-3-10(7-13(12)18-2)9-19-14-6-4-11(15)8-16-14/h3-8H,9,15H2,1-2H3. The third-order valence-electron chi connectivity index (χ3n) is 2.59. The Balaban J connectivity index is 2.05. The first-order chi connectivity index (χ1) is 9.22. The summed E-state index contributed by atoms with van der Waals surface area (Å²) in [5, 5.41) is 0.948. The molecule has 19 heavy (non-hydrogen) atoms. The van der Waals surface area contributed by atoms with Gasteiger partial charge in [0.15, 0.2) is 11.5 Å². The number of nitrogen functional groups attached to an aromatic ring is 1. The zero-order chi connectivity index (χ0) is 13.7. The number of aromatic nitrogens is 1. The van der Waals surface area contributed by atoms with Gasteiger partial charge >= 0.3 is 0 Å². The number of nitrogens with zero attached hydrogens (tertiary/aromatic N) is 1. The average molecular weight is 276 g/mol. The molecular formula is C14H16N2O2S. The summed E-state index contributed by atoms with van der Waals surface area (Å²) in [5.41, 5.74) is 7.43. The Hall–Kier alpha value is -1.88. The lowest BCUT2D eigenvalue weighted by atomic mass is 10.2. The van der Waals surface area contributed by atoms with E-state index in [0.29, 0.717) is 5.69 Å². The maximum atomic E-state index is 5.60. The molecule has 2 rings (SSSR count). The molecule has 0 atom stereocenters. The second-order valence-corrected chi connectivity index (χ2v) is 4.90. The van der Waals surface area contributed by atoms with Crippen molar-refractivity contribution in [3.8, 4) is 11.5 Å². The van der Waals surface area contributed by atoms with Crippen LogP contribution in [-0.4, -0.2) is 19.2 Å². The van der Waals surface area contributed by atoms with Gasteiger partial charge in [-0.2, -0.15) is 0 Å². The fraction of sp³-hybridized carbons (Fsp3) is 0.214. The molecule has 100 valence electrons. The highest BCUT2D eigenvalue weighted by Gasteiger charge is 2.05. The molecule has 4 nitrogen and oxygen atoms in total. The van der Waals surface area contributed by atoms with Crippen LogP contribution in [0, 0.1) is 0 Å². The Bertz CT molecular complexity index is 544. The van der Waals surface area contributed by atoms with Gasteiger partial charge < -0.3 is 15.2 Å². The smallest absolute Gasteiger partial charge is 0.161 e. The first-order valence-electron chi connectivity index (χ1n) is 5.78. The molecule has 0 saturated heterocycles. The molecule has 0 fully saturated rings. The number of nitrogens with two attached hydrogens (primary N) is 1. The third-order valence-corrected chi connectivity index (χ3v) is 3.61. The zero-order valence-electron chi connectivity index (χ0n) is 10.9.